The summed E-state index contributed by atoms with van der Waals surface area (Å²) >= 11 is 0. The lowest BCUT2D eigenvalue weighted by Crippen LogP contribution is -2.04. The second-order valence-corrected chi connectivity index (χ2v) is 4.92. The van der Waals surface area contributed by atoms with Gasteiger partial charge in [0.25, 0.3) is 0 Å². The predicted molar refractivity (Wildman–Crippen MR) is 82.0 cm³/mol. The summed E-state index contributed by atoms with van der Waals surface area (Å²) in [5, 5.41) is 3.39. The first-order chi connectivity index (χ1) is 10.2. The highest BCUT2D eigenvalue weighted by atomic mass is 19.1. The second-order valence-electron chi connectivity index (χ2n) is 4.92. The van der Waals surface area contributed by atoms with Gasteiger partial charge in [-0.1, -0.05) is 24.3 Å². The number of nitrogens with zero attached hydrogens (tertiary/aromatic N) is 2. The van der Waals surface area contributed by atoms with E-state index >= 15 is 0 Å². The third-order valence-corrected chi connectivity index (χ3v) is 3.39. The van der Waals surface area contributed by atoms with Crippen molar-refractivity contribution in [2.75, 3.05) is 5.32 Å². The molecule has 3 aromatic rings. The maximum atomic E-state index is 13.3. The molecule has 0 atom stereocenters. The fraction of sp³-hybridized carbons (Fsp3) is 0.118. The number of hydrogen-bond donors (Lipinski definition) is 1. The Morgan fingerprint density at radius 3 is 2.81 bits per heavy atom. The molecule has 0 unspecified atom stereocenters. The topological polar surface area (TPSA) is 29.9 Å². The van der Waals surface area contributed by atoms with E-state index < -0.39 is 0 Å². The van der Waals surface area contributed by atoms with Gasteiger partial charge in [0.2, 0.25) is 0 Å². The van der Waals surface area contributed by atoms with Crippen molar-refractivity contribution in [3.05, 3.63) is 78.1 Å². The first kappa shape index (κ1) is 13.4. The van der Waals surface area contributed by atoms with Gasteiger partial charge in [-0.25, -0.2) is 9.37 Å². The van der Waals surface area contributed by atoms with E-state index in [1.807, 2.05) is 41.1 Å². The Bertz CT molecular complexity index is 736. The van der Waals surface area contributed by atoms with Crippen LogP contribution in [-0.2, 0) is 6.54 Å². The molecule has 0 saturated heterocycles. The van der Waals surface area contributed by atoms with Crippen molar-refractivity contribution >= 4 is 5.69 Å². The van der Waals surface area contributed by atoms with Crippen molar-refractivity contribution in [2.24, 2.45) is 0 Å². The van der Waals surface area contributed by atoms with Crippen LogP contribution in [0.1, 0.15) is 11.1 Å². The van der Waals surface area contributed by atoms with Gasteiger partial charge in [-0.2, -0.15) is 0 Å². The monoisotopic (exact) mass is 281 g/mol. The first-order valence-corrected chi connectivity index (χ1v) is 6.80. The Morgan fingerprint density at radius 2 is 2.05 bits per heavy atom. The molecule has 106 valence electrons. The van der Waals surface area contributed by atoms with Crippen LogP contribution in [0, 0.1) is 12.7 Å². The van der Waals surface area contributed by atoms with Crippen LogP contribution >= 0.6 is 0 Å². The van der Waals surface area contributed by atoms with Crippen LogP contribution in [0.2, 0.25) is 0 Å². The number of halogens is 1. The molecule has 1 aromatic heterocycles. The molecule has 0 fully saturated rings. The van der Waals surface area contributed by atoms with Crippen LogP contribution in [0.25, 0.3) is 5.69 Å². The minimum absolute atomic E-state index is 0.169. The summed E-state index contributed by atoms with van der Waals surface area (Å²) in [6, 6.07) is 13.2. The van der Waals surface area contributed by atoms with Gasteiger partial charge < -0.3 is 9.88 Å². The molecule has 0 radical (unpaired) electrons. The standard InChI is InChI=1S/C17H16FN3/c1-13-10-14(6-7-15(13)18)11-20-16-4-2-3-5-17(16)21-9-8-19-12-21/h2-10,12,20H,11H2,1H3. The van der Waals surface area contributed by atoms with Gasteiger partial charge in [-0.05, 0) is 36.2 Å². The third-order valence-electron chi connectivity index (χ3n) is 3.39. The lowest BCUT2D eigenvalue weighted by molar-refractivity contribution is 0.617. The fourth-order valence-corrected chi connectivity index (χ4v) is 2.26. The maximum Gasteiger partial charge on any atom is 0.126 e. The molecule has 3 rings (SSSR count). The van der Waals surface area contributed by atoms with Gasteiger partial charge in [0.15, 0.2) is 0 Å². The smallest absolute Gasteiger partial charge is 0.126 e. The maximum absolute atomic E-state index is 13.3. The summed E-state index contributed by atoms with van der Waals surface area (Å²) in [6.45, 7) is 2.42. The Hall–Kier alpha value is -2.62. The number of nitrogens with one attached hydrogen (secondary N) is 1. The molecule has 0 aliphatic carbocycles. The molecular formula is C17H16FN3. The minimum Gasteiger partial charge on any atom is -0.379 e. The summed E-state index contributed by atoms with van der Waals surface area (Å²) in [5.74, 6) is -0.169. The third kappa shape index (κ3) is 2.94. The van der Waals surface area contributed by atoms with Crippen molar-refractivity contribution in [3.8, 4) is 5.69 Å². The van der Waals surface area contributed by atoms with Gasteiger partial charge in [0.05, 0.1) is 17.7 Å². The molecule has 2 aromatic carbocycles. The molecule has 4 heteroatoms. The lowest BCUT2D eigenvalue weighted by Gasteiger charge is -2.13. The molecule has 0 aliphatic heterocycles. The SMILES string of the molecule is Cc1cc(CNc2ccccc2-n2ccnc2)ccc1F. The molecule has 1 heterocycles. The molecule has 3 nitrogen and oxygen atoms in total. The van der Waals surface area contributed by atoms with Gasteiger partial charge >= 0.3 is 0 Å². The quantitative estimate of drug-likeness (QED) is 0.785. The highest BCUT2D eigenvalue weighted by Gasteiger charge is 2.04. The Kier molecular flexibility index (Phi) is 3.69. The van der Waals surface area contributed by atoms with Crippen molar-refractivity contribution in [1.29, 1.82) is 0 Å². The van der Waals surface area contributed by atoms with Crippen LogP contribution in [-0.4, -0.2) is 9.55 Å². The van der Waals surface area contributed by atoms with E-state index in [4.69, 9.17) is 0 Å². The summed E-state index contributed by atoms with van der Waals surface area (Å²) in [7, 11) is 0. The summed E-state index contributed by atoms with van der Waals surface area (Å²) in [6.07, 6.45) is 5.42. The highest BCUT2D eigenvalue weighted by Crippen LogP contribution is 2.20. The number of aromatic nitrogens is 2. The number of aryl methyl sites for hydroxylation is 1. The Morgan fingerprint density at radius 1 is 1.19 bits per heavy atom. The average Bonchev–Trinajstić information content (AvgIpc) is 3.03. The largest absolute Gasteiger partial charge is 0.379 e. The zero-order chi connectivity index (χ0) is 14.7. The molecular weight excluding hydrogens is 265 g/mol. The van der Waals surface area contributed by atoms with Crippen LogP contribution in [0.15, 0.2) is 61.2 Å². The van der Waals surface area contributed by atoms with Crippen LogP contribution in [0.4, 0.5) is 10.1 Å². The molecule has 0 saturated carbocycles. The van der Waals surface area contributed by atoms with E-state index in [9.17, 15) is 4.39 Å². The molecule has 0 spiro atoms. The van der Waals surface area contributed by atoms with Gasteiger partial charge in [-0.15, -0.1) is 0 Å². The van der Waals surface area contributed by atoms with E-state index in [-0.39, 0.29) is 5.82 Å². The molecule has 1 N–H and O–H groups in total. The van der Waals surface area contributed by atoms with E-state index in [1.165, 1.54) is 6.07 Å². The second kappa shape index (κ2) is 5.79. The number of benzene rings is 2. The van der Waals surface area contributed by atoms with Gasteiger partial charge in [0.1, 0.15) is 5.82 Å². The van der Waals surface area contributed by atoms with E-state index in [2.05, 4.69) is 10.3 Å². The minimum atomic E-state index is -0.169. The average molecular weight is 281 g/mol. The molecule has 0 aliphatic rings. The number of hydrogen-bond acceptors (Lipinski definition) is 2. The highest BCUT2D eigenvalue weighted by molar-refractivity contribution is 5.61. The number of imidazole rings is 1. The zero-order valence-electron chi connectivity index (χ0n) is 11.8. The zero-order valence-corrected chi connectivity index (χ0v) is 11.8. The predicted octanol–water partition coefficient (Wildman–Crippen LogP) is 3.93. The number of rotatable bonds is 4. The Balaban J connectivity index is 1.81. The fourth-order valence-electron chi connectivity index (χ4n) is 2.26. The molecule has 0 amide bonds. The van der Waals surface area contributed by atoms with Crippen molar-refractivity contribution in [1.82, 2.24) is 9.55 Å². The number of anilines is 1. The van der Waals surface area contributed by atoms with Crippen LogP contribution in [0.5, 0.6) is 0 Å². The summed E-state index contributed by atoms with van der Waals surface area (Å²) < 4.78 is 15.2. The molecule has 21 heavy (non-hydrogen) atoms. The molecule has 0 bridgehead atoms. The Labute approximate surface area is 123 Å². The first-order valence-electron chi connectivity index (χ1n) is 6.80. The van der Waals surface area contributed by atoms with Crippen molar-refractivity contribution in [2.45, 2.75) is 13.5 Å². The van der Waals surface area contributed by atoms with Crippen LogP contribution < -0.4 is 5.32 Å². The number of para-hydroxylation sites is 2. The van der Waals surface area contributed by atoms with E-state index in [0.29, 0.717) is 12.1 Å². The van der Waals surface area contributed by atoms with Crippen molar-refractivity contribution in [3.63, 3.8) is 0 Å². The van der Waals surface area contributed by atoms with E-state index in [0.717, 1.165) is 16.9 Å². The van der Waals surface area contributed by atoms with Gasteiger partial charge in [-0.3, -0.25) is 0 Å². The van der Waals surface area contributed by atoms with Crippen molar-refractivity contribution < 1.29 is 4.39 Å². The summed E-state index contributed by atoms with van der Waals surface area (Å²) in [5.41, 5.74) is 3.76. The van der Waals surface area contributed by atoms with E-state index in [1.54, 1.807) is 25.5 Å². The normalized spacial score (nSPS) is 10.6. The summed E-state index contributed by atoms with van der Waals surface area (Å²) in [4.78, 5) is 4.07. The lowest BCUT2D eigenvalue weighted by atomic mass is 10.1. The van der Waals surface area contributed by atoms with Gasteiger partial charge in [0, 0.05) is 18.9 Å². The van der Waals surface area contributed by atoms with Crippen LogP contribution in [0.3, 0.4) is 0 Å².